The monoisotopic (exact) mass is 369 g/mol. The summed E-state index contributed by atoms with van der Waals surface area (Å²) in [6.45, 7) is 2.68. The van der Waals surface area contributed by atoms with Gasteiger partial charge in [0.25, 0.3) is 0 Å². The molecule has 0 aliphatic rings. The SMILES string of the molecule is CC(=O)N[C@@H](Cc1ccc(N(CCCl)CCCl)cc1)C(=O)O.[Na]. The van der Waals surface area contributed by atoms with E-state index >= 15 is 0 Å². The summed E-state index contributed by atoms with van der Waals surface area (Å²) in [4.78, 5) is 24.2. The predicted molar refractivity (Wildman–Crippen MR) is 94.8 cm³/mol. The number of alkyl halides is 2. The molecule has 0 saturated heterocycles. The molecule has 0 aliphatic carbocycles. The van der Waals surface area contributed by atoms with Crippen molar-refractivity contribution in [3.63, 3.8) is 0 Å². The van der Waals surface area contributed by atoms with Gasteiger partial charge in [0.15, 0.2) is 0 Å². The number of hydrogen-bond donors (Lipinski definition) is 2. The number of benzene rings is 1. The van der Waals surface area contributed by atoms with E-state index in [2.05, 4.69) is 10.2 Å². The number of hydrogen-bond acceptors (Lipinski definition) is 3. The molecule has 0 heterocycles. The fourth-order valence-corrected chi connectivity index (χ4v) is 2.51. The Bertz CT molecular complexity index is 494. The van der Waals surface area contributed by atoms with Gasteiger partial charge in [-0.15, -0.1) is 23.2 Å². The topological polar surface area (TPSA) is 69.6 Å². The summed E-state index contributed by atoms with van der Waals surface area (Å²) in [7, 11) is 0. The number of aliphatic carboxylic acids is 1. The summed E-state index contributed by atoms with van der Waals surface area (Å²) in [6.07, 6.45) is 0.236. The minimum atomic E-state index is -1.05. The number of carboxylic acid groups (broad SMARTS) is 1. The first-order valence-electron chi connectivity index (χ1n) is 6.93. The number of rotatable bonds is 9. The molecule has 1 atom stereocenters. The van der Waals surface area contributed by atoms with E-state index in [1.807, 2.05) is 24.3 Å². The molecule has 1 aromatic carbocycles. The van der Waals surface area contributed by atoms with E-state index in [-0.39, 0.29) is 41.9 Å². The second-order valence-electron chi connectivity index (χ2n) is 4.83. The van der Waals surface area contributed by atoms with Crippen LogP contribution in [0.4, 0.5) is 5.69 Å². The van der Waals surface area contributed by atoms with Gasteiger partial charge in [-0.25, -0.2) is 4.79 Å². The maximum atomic E-state index is 11.1. The molecular formula is C15H20Cl2N2NaO3. The fourth-order valence-electron chi connectivity index (χ4n) is 2.10. The van der Waals surface area contributed by atoms with Crippen LogP contribution < -0.4 is 10.2 Å². The standard InChI is InChI=1S/C15H20Cl2N2O3.Na/c1-11(20)18-14(15(21)22)10-12-2-4-13(5-3-12)19(8-6-16)9-7-17;/h2-5,14H,6-10H2,1H3,(H,18,20)(H,21,22);/t14-;/m0./s1. The molecule has 2 N–H and O–H groups in total. The Morgan fingerprint density at radius 1 is 1.17 bits per heavy atom. The van der Waals surface area contributed by atoms with Crippen molar-refractivity contribution < 1.29 is 14.7 Å². The number of carbonyl (C=O) groups is 2. The van der Waals surface area contributed by atoms with Gasteiger partial charge in [-0.3, -0.25) is 4.79 Å². The molecule has 0 bridgehead atoms. The van der Waals surface area contributed by atoms with Gasteiger partial charge in [-0.2, -0.15) is 0 Å². The summed E-state index contributed by atoms with van der Waals surface area (Å²) < 4.78 is 0. The van der Waals surface area contributed by atoms with E-state index in [0.29, 0.717) is 24.8 Å². The Balaban J connectivity index is 0.00000484. The van der Waals surface area contributed by atoms with Crippen molar-refractivity contribution in [3.8, 4) is 0 Å². The van der Waals surface area contributed by atoms with E-state index in [1.165, 1.54) is 6.92 Å². The van der Waals surface area contributed by atoms with Crippen molar-refractivity contribution in [2.75, 3.05) is 29.7 Å². The summed E-state index contributed by atoms with van der Waals surface area (Å²) in [5.41, 5.74) is 1.82. The number of carbonyl (C=O) groups excluding carboxylic acids is 1. The first-order chi connectivity index (χ1) is 10.5. The van der Waals surface area contributed by atoms with Crippen molar-refractivity contribution >= 4 is 70.3 Å². The molecule has 1 radical (unpaired) electrons. The van der Waals surface area contributed by atoms with Crippen molar-refractivity contribution in [1.82, 2.24) is 5.32 Å². The summed E-state index contributed by atoms with van der Waals surface area (Å²) in [5.74, 6) is -0.408. The van der Waals surface area contributed by atoms with Crippen molar-refractivity contribution in [3.05, 3.63) is 29.8 Å². The average Bonchev–Trinajstić information content (AvgIpc) is 2.46. The number of nitrogens with zero attached hydrogens (tertiary/aromatic N) is 1. The zero-order valence-electron chi connectivity index (χ0n) is 13.4. The van der Waals surface area contributed by atoms with Gasteiger partial charge >= 0.3 is 5.97 Å². The van der Waals surface area contributed by atoms with Gasteiger partial charge in [-0.1, -0.05) is 12.1 Å². The van der Waals surface area contributed by atoms with Crippen LogP contribution >= 0.6 is 23.2 Å². The third-order valence-electron chi connectivity index (χ3n) is 3.13. The second-order valence-corrected chi connectivity index (χ2v) is 5.58. The third kappa shape index (κ3) is 8.27. The minimum absolute atomic E-state index is 0. The number of amides is 1. The van der Waals surface area contributed by atoms with Crippen LogP contribution in [0.15, 0.2) is 24.3 Å². The fraction of sp³-hybridized carbons (Fsp3) is 0.467. The molecule has 0 aromatic heterocycles. The molecule has 0 aliphatic heterocycles. The van der Waals surface area contributed by atoms with Crippen LogP contribution in [0.3, 0.4) is 0 Å². The molecule has 0 spiro atoms. The van der Waals surface area contributed by atoms with Gasteiger partial charge in [0.1, 0.15) is 6.04 Å². The maximum Gasteiger partial charge on any atom is 0.326 e. The summed E-state index contributed by atoms with van der Waals surface area (Å²) >= 11 is 11.6. The van der Waals surface area contributed by atoms with Crippen LogP contribution in [-0.2, 0) is 16.0 Å². The molecule has 8 heteroatoms. The van der Waals surface area contributed by atoms with Crippen LogP contribution in [0.5, 0.6) is 0 Å². The molecule has 5 nitrogen and oxygen atoms in total. The van der Waals surface area contributed by atoms with E-state index in [9.17, 15) is 9.59 Å². The zero-order chi connectivity index (χ0) is 16.5. The van der Waals surface area contributed by atoms with Crippen molar-refractivity contribution in [2.45, 2.75) is 19.4 Å². The van der Waals surface area contributed by atoms with Gasteiger partial charge in [-0.05, 0) is 17.7 Å². The Morgan fingerprint density at radius 3 is 2.09 bits per heavy atom. The van der Waals surface area contributed by atoms with Crippen LogP contribution in [0.25, 0.3) is 0 Å². The van der Waals surface area contributed by atoms with Gasteiger partial charge < -0.3 is 15.3 Å². The molecule has 23 heavy (non-hydrogen) atoms. The first-order valence-corrected chi connectivity index (χ1v) is 8.00. The van der Waals surface area contributed by atoms with E-state index in [1.54, 1.807) is 0 Å². The van der Waals surface area contributed by atoms with Crippen LogP contribution in [0.1, 0.15) is 12.5 Å². The number of nitrogens with one attached hydrogen (secondary N) is 1. The van der Waals surface area contributed by atoms with Gasteiger partial charge in [0.2, 0.25) is 5.91 Å². The number of carboxylic acids is 1. The molecule has 0 unspecified atom stereocenters. The number of anilines is 1. The molecule has 1 rings (SSSR count). The molecule has 0 saturated carbocycles. The van der Waals surface area contributed by atoms with Crippen LogP contribution in [0, 0.1) is 0 Å². The maximum absolute atomic E-state index is 11.1. The molecular weight excluding hydrogens is 350 g/mol. The Kier molecular flexibility index (Phi) is 11.7. The largest absolute Gasteiger partial charge is 0.480 e. The van der Waals surface area contributed by atoms with E-state index in [0.717, 1.165) is 11.3 Å². The Hall–Kier alpha value is -0.460. The minimum Gasteiger partial charge on any atom is -0.480 e. The first kappa shape index (κ1) is 22.5. The predicted octanol–water partition coefficient (Wildman–Crippen LogP) is 1.72. The zero-order valence-corrected chi connectivity index (χ0v) is 16.9. The van der Waals surface area contributed by atoms with E-state index in [4.69, 9.17) is 28.3 Å². The number of halogens is 2. The van der Waals surface area contributed by atoms with Crippen molar-refractivity contribution in [1.29, 1.82) is 0 Å². The Labute approximate surface area is 168 Å². The summed E-state index contributed by atoms with van der Waals surface area (Å²) in [6, 6.07) is 6.58. The normalized spacial score (nSPS) is 11.3. The molecule has 1 aromatic rings. The smallest absolute Gasteiger partial charge is 0.326 e. The van der Waals surface area contributed by atoms with Crippen LogP contribution in [-0.4, -0.2) is 77.4 Å². The molecule has 123 valence electrons. The van der Waals surface area contributed by atoms with Gasteiger partial charge in [0.05, 0.1) is 0 Å². The summed E-state index contributed by atoms with van der Waals surface area (Å²) in [5, 5.41) is 11.5. The van der Waals surface area contributed by atoms with Gasteiger partial charge in [0, 0.05) is 73.4 Å². The third-order valence-corrected chi connectivity index (χ3v) is 3.46. The van der Waals surface area contributed by atoms with E-state index < -0.39 is 12.0 Å². The van der Waals surface area contributed by atoms with Crippen molar-refractivity contribution in [2.24, 2.45) is 0 Å². The second kappa shape index (κ2) is 12.0. The quantitative estimate of drug-likeness (QED) is 0.513. The average molecular weight is 370 g/mol. The molecule has 1 amide bonds. The van der Waals surface area contributed by atoms with Crippen LogP contribution in [0.2, 0.25) is 0 Å². The molecule has 0 fully saturated rings. The Morgan fingerprint density at radius 2 is 1.70 bits per heavy atom.